The van der Waals surface area contributed by atoms with Gasteiger partial charge in [-0.1, -0.05) is 12.2 Å². The van der Waals surface area contributed by atoms with Gasteiger partial charge >= 0.3 is 0 Å². The number of halogens is 2. The third-order valence-electron chi connectivity index (χ3n) is 3.99. The number of hydrogen-bond acceptors (Lipinski definition) is 3. The normalized spacial score (nSPS) is 27.2. The van der Waals surface area contributed by atoms with E-state index < -0.39 is 33.0 Å². The largest absolute Gasteiger partial charge is 0.274 e. The van der Waals surface area contributed by atoms with Gasteiger partial charge in [-0.2, -0.15) is 0 Å². The molecule has 1 fully saturated rings. The summed E-state index contributed by atoms with van der Waals surface area (Å²) in [7, 11) is -3.70. The average Bonchev–Trinajstić information content (AvgIpc) is 2.39. The van der Waals surface area contributed by atoms with E-state index in [0.29, 0.717) is 19.3 Å². The zero-order valence-corrected chi connectivity index (χ0v) is 12.0. The summed E-state index contributed by atoms with van der Waals surface area (Å²) < 4.78 is 52.2. The number of alkyl halides is 2. The molecule has 0 bridgehead atoms. The Bertz CT molecular complexity index is 492. The van der Waals surface area contributed by atoms with Crippen molar-refractivity contribution in [1.82, 2.24) is 4.72 Å². The summed E-state index contributed by atoms with van der Waals surface area (Å²) in [5.41, 5.74) is 0. The molecule has 2 aliphatic carbocycles. The van der Waals surface area contributed by atoms with Gasteiger partial charge in [0.25, 0.3) is 0 Å². The van der Waals surface area contributed by atoms with Gasteiger partial charge in [0.2, 0.25) is 21.9 Å². The molecule has 1 N–H and O–H groups in total. The Morgan fingerprint density at radius 2 is 1.80 bits per heavy atom. The monoisotopic (exact) mass is 307 g/mol. The van der Waals surface area contributed by atoms with Crippen molar-refractivity contribution in [2.75, 3.05) is 0 Å². The summed E-state index contributed by atoms with van der Waals surface area (Å²) in [5, 5.41) is -0.596. The van der Waals surface area contributed by atoms with Crippen molar-refractivity contribution in [3.8, 4) is 0 Å². The fourth-order valence-corrected chi connectivity index (χ4v) is 4.08. The maximum Gasteiger partial charge on any atom is 0.248 e. The Hall–Kier alpha value is -0.980. The molecule has 1 atom stereocenters. The molecule has 7 heteroatoms. The second-order valence-electron chi connectivity index (χ2n) is 5.55. The molecule has 0 radical (unpaired) electrons. The molecule has 0 aliphatic heterocycles. The van der Waals surface area contributed by atoms with Gasteiger partial charge in [0.1, 0.15) is 0 Å². The lowest BCUT2D eigenvalue weighted by molar-refractivity contribution is -0.127. The first-order valence-corrected chi connectivity index (χ1v) is 8.43. The van der Waals surface area contributed by atoms with Gasteiger partial charge in [-0.15, -0.1) is 0 Å². The van der Waals surface area contributed by atoms with Crippen LogP contribution in [0.1, 0.15) is 44.9 Å². The van der Waals surface area contributed by atoms with Crippen LogP contribution < -0.4 is 4.72 Å². The molecule has 2 rings (SSSR count). The molecule has 0 saturated heterocycles. The highest BCUT2D eigenvalue weighted by molar-refractivity contribution is 7.90. The Morgan fingerprint density at radius 1 is 1.15 bits per heavy atom. The van der Waals surface area contributed by atoms with Gasteiger partial charge < -0.3 is 0 Å². The van der Waals surface area contributed by atoms with Crippen molar-refractivity contribution in [3.63, 3.8) is 0 Å². The number of nitrogens with one attached hydrogen (secondary N) is 1. The second kappa shape index (κ2) is 5.79. The van der Waals surface area contributed by atoms with E-state index >= 15 is 0 Å². The molecule has 4 nitrogen and oxygen atoms in total. The van der Waals surface area contributed by atoms with Gasteiger partial charge in [0.05, 0.1) is 5.25 Å². The first-order chi connectivity index (χ1) is 9.30. The number of sulfonamides is 1. The smallest absolute Gasteiger partial charge is 0.248 e. The third-order valence-corrected chi connectivity index (χ3v) is 5.78. The van der Waals surface area contributed by atoms with E-state index in [-0.39, 0.29) is 25.7 Å². The highest BCUT2D eigenvalue weighted by atomic mass is 32.2. The van der Waals surface area contributed by atoms with Crippen molar-refractivity contribution >= 4 is 15.9 Å². The van der Waals surface area contributed by atoms with E-state index in [1.54, 1.807) is 6.08 Å². The van der Waals surface area contributed by atoms with Crippen LogP contribution in [0.3, 0.4) is 0 Å². The molecular weight excluding hydrogens is 288 g/mol. The van der Waals surface area contributed by atoms with Crippen LogP contribution in [0.5, 0.6) is 0 Å². The Morgan fingerprint density at radius 3 is 2.35 bits per heavy atom. The van der Waals surface area contributed by atoms with Crippen LogP contribution in [-0.4, -0.2) is 25.5 Å². The Labute approximate surface area is 117 Å². The first-order valence-electron chi connectivity index (χ1n) is 6.88. The lowest BCUT2D eigenvalue weighted by Gasteiger charge is -2.28. The van der Waals surface area contributed by atoms with Crippen molar-refractivity contribution in [1.29, 1.82) is 0 Å². The van der Waals surface area contributed by atoms with Crippen LogP contribution in [0.25, 0.3) is 0 Å². The first kappa shape index (κ1) is 15.4. The van der Waals surface area contributed by atoms with Crippen molar-refractivity contribution in [2.24, 2.45) is 5.92 Å². The number of rotatable bonds is 3. The fraction of sp³-hybridized carbons (Fsp3) is 0.769. The van der Waals surface area contributed by atoms with E-state index in [1.807, 2.05) is 6.08 Å². The SMILES string of the molecule is O=C(NS(=O)(=O)[C@@H]1CC=CCC1)C1CCC(F)(F)CC1. The van der Waals surface area contributed by atoms with Gasteiger partial charge in [-0.25, -0.2) is 17.2 Å². The molecule has 0 unspecified atom stereocenters. The maximum atomic E-state index is 13.0. The quantitative estimate of drug-likeness (QED) is 0.814. The van der Waals surface area contributed by atoms with Crippen LogP contribution >= 0.6 is 0 Å². The standard InChI is InChI=1S/C13H19F2NO3S/c14-13(15)8-6-10(7-9-13)12(17)16-20(18,19)11-4-2-1-3-5-11/h1-2,10-11H,3-9H2,(H,16,17)/t11-/m1/s1. The summed E-state index contributed by atoms with van der Waals surface area (Å²) in [6, 6.07) is 0. The highest BCUT2D eigenvalue weighted by Gasteiger charge is 2.38. The van der Waals surface area contributed by atoms with E-state index in [4.69, 9.17) is 0 Å². The molecule has 114 valence electrons. The van der Waals surface area contributed by atoms with E-state index in [1.165, 1.54) is 0 Å². The predicted octanol–water partition coefficient (Wildman–Crippen LogP) is 2.37. The van der Waals surface area contributed by atoms with Crippen LogP contribution in [0.2, 0.25) is 0 Å². The van der Waals surface area contributed by atoms with Crippen molar-refractivity contribution < 1.29 is 22.0 Å². The lowest BCUT2D eigenvalue weighted by Crippen LogP contribution is -2.43. The van der Waals surface area contributed by atoms with Gasteiger partial charge in [0.15, 0.2) is 0 Å². The molecule has 0 spiro atoms. The average molecular weight is 307 g/mol. The topological polar surface area (TPSA) is 63.2 Å². The minimum atomic E-state index is -3.70. The van der Waals surface area contributed by atoms with Crippen molar-refractivity contribution in [3.05, 3.63) is 12.2 Å². The third kappa shape index (κ3) is 3.77. The van der Waals surface area contributed by atoms with Crippen LogP contribution in [0, 0.1) is 5.92 Å². The summed E-state index contributed by atoms with van der Waals surface area (Å²) in [6.07, 6.45) is 4.64. The van der Waals surface area contributed by atoms with Crippen LogP contribution in [0.4, 0.5) is 8.78 Å². The minimum absolute atomic E-state index is 0.0406. The lowest BCUT2D eigenvalue weighted by atomic mass is 9.86. The summed E-state index contributed by atoms with van der Waals surface area (Å²) in [6.45, 7) is 0. The van der Waals surface area contributed by atoms with Gasteiger partial charge in [-0.3, -0.25) is 9.52 Å². The Kier molecular flexibility index (Phi) is 4.46. The van der Waals surface area contributed by atoms with Crippen LogP contribution in [-0.2, 0) is 14.8 Å². The van der Waals surface area contributed by atoms with E-state index in [0.717, 1.165) is 0 Å². The number of allylic oxidation sites excluding steroid dienone is 2. The van der Waals surface area contributed by atoms with Gasteiger partial charge in [0, 0.05) is 18.8 Å². The second-order valence-corrected chi connectivity index (χ2v) is 7.51. The summed E-state index contributed by atoms with van der Waals surface area (Å²) in [4.78, 5) is 11.9. The Balaban J connectivity index is 1.92. The van der Waals surface area contributed by atoms with Gasteiger partial charge in [-0.05, 0) is 32.1 Å². The number of carbonyl (C=O) groups is 1. The molecule has 0 heterocycles. The number of hydrogen-bond donors (Lipinski definition) is 1. The maximum absolute atomic E-state index is 13.0. The number of carbonyl (C=O) groups excluding carboxylic acids is 1. The predicted molar refractivity (Wildman–Crippen MR) is 70.7 cm³/mol. The fourth-order valence-electron chi connectivity index (χ4n) is 2.66. The molecule has 2 aliphatic rings. The highest BCUT2D eigenvalue weighted by Crippen LogP contribution is 2.36. The van der Waals surface area contributed by atoms with E-state index in [2.05, 4.69) is 4.72 Å². The van der Waals surface area contributed by atoms with Crippen molar-refractivity contribution in [2.45, 2.75) is 56.1 Å². The molecule has 1 saturated carbocycles. The molecule has 1 amide bonds. The number of amides is 1. The minimum Gasteiger partial charge on any atom is -0.274 e. The molecule has 0 aromatic rings. The zero-order valence-electron chi connectivity index (χ0n) is 11.1. The molecule has 20 heavy (non-hydrogen) atoms. The molecule has 0 aromatic carbocycles. The van der Waals surface area contributed by atoms with E-state index in [9.17, 15) is 22.0 Å². The van der Waals surface area contributed by atoms with Crippen LogP contribution in [0.15, 0.2) is 12.2 Å². The zero-order chi connectivity index (χ0) is 14.8. The summed E-state index contributed by atoms with van der Waals surface area (Å²) >= 11 is 0. The molecular formula is C13H19F2NO3S. The summed E-state index contributed by atoms with van der Waals surface area (Å²) in [5.74, 6) is -3.97. The molecule has 0 aromatic heterocycles.